The van der Waals surface area contributed by atoms with Gasteiger partial charge in [0, 0.05) is 11.3 Å². The molecule has 1 amide bonds. The lowest BCUT2D eigenvalue weighted by atomic mass is 10.0. The van der Waals surface area contributed by atoms with Crippen molar-refractivity contribution >= 4 is 39.8 Å². The Morgan fingerprint density at radius 2 is 1.58 bits per heavy atom. The van der Waals surface area contributed by atoms with Gasteiger partial charge >= 0.3 is 0 Å². The average Bonchev–Trinajstić information content (AvgIpc) is 2.80. The van der Waals surface area contributed by atoms with Crippen molar-refractivity contribution in [3.05, 3.63) is 101 Å². The molecule has 8 heteroatoms. The van der Waals surface area contributed by atoms with E-state index in [1.807, 2.05) is 30.3 Å². The maximum absolute atomic E-state index is 12.7. The topological polar surface area (TPSA) is 127 Å². The van der Waals surface area contributed by atoms with E-state index in [0.29, 0.717) is 21.7 Å². The molecular weight excluding hydrogens is 436 g/mol. The first kappa shape index (κ1) is 23.8. The van der Waals surface area contributed by atoms with Crippen LogP contribution in [0.4, 0.5) is 5.69 Å². The number of hydrogen-bond donors (Lipinski definition) is 4. The van der Waals surface area contributed by atoms with E-state index >= 15 is 0 Å². The number of amides is 1. The molecule has 0 aliphatic heterocycles. The monoisotopic (exact) mass is 462 g/mol. The van der Waals surface area contributed by atoms with E-state index < -0.39 is 22.0 Å². The zero-order valence-corrected chi connectivity index (χ0v) is 19.0. The average molecular weight is 463 g/mol. The summed E-state index contributed by atoms with van der Waals surface area (Å²) in [6.45, 7) is 5.50. The molecule has 0 spiro atoms. The highest BCUT2D eigenvalue weighted by molar-refractivity contribution is 7.89. The van der Waals surface area contributed by atoms with Gasteiger partial charge in [-0.25, -0.2) is 8.42 Å². The van der Waals surface area contributed by atoms with E-state index in [-0.39, 0.29) is 10.7 Å². The number of nitrogens with two attached hydrogens (primary N) is 2. The largest absolute Gasteiger partial charge is 0.385 e. The highest BCUT2D eigenvalue weighted by atomic mass is 32.2. The smallest absolute Gasteiger partial charge is 0.242 e. The molecule has 0 bridgehead atoms. The first-order valence-electron chi connectivity index (χ1n) is 10.2. The molecular formula is C25H26N4O3S. The number of allylic oxidation sites excluding steroid dienone is 1. The Morgan fingerprint density at radius 3 is 2.18 bits per heavy atom. The number of benzene rings is 3. The molecule has 0 fully saturated rings. The highest BCUT2D eigenvalue weighted by Gasteiger charge is 2.21. The van der Waals surface area contributed by atoms with Crippen LogP contribution < -0.4 is 31.9 Å². The molecule has 0 aromatic heterocycles. The molecule has 1 atom stereocenters. The number of sulfonamides is 1. The van der Waals surface area contributed by atoms with Gasteiger partial charge < -0.3 is 16.8 Å². The van der Waals surface area contributed by atoms with Gasteiger partial charge in [-0.05, 0) is 53.3 Å². The molecule has 0 radical (unpaired) electrons. The lowest BCUT2D eigenvalue weighted by Crippen LogP contribution is -2.41. The summed E-state index contributed by atoms with van der Waals surface area (Å²) < 4.78 is 27.4. The third-order valence-corrected chi connectivity index (χ3v) is 6.44. The van der Waals surface area contributed by atoms with Crippen molar-refractivity contribution in [1.82, 2.24) is 4.72 Å². The zero-order chi connectivity index (χ0) is 24.0. The number of carbonyl (C=O) groups is 1. The number of anilines is 1. The van der Waals surface area contributed by atoms with E-state index in [0.717, 1.165) is 5.56 Å². The lowest BCUT2D eigenvalue weighted by Gasteiger charge is -2.14. The summed E-state index contributed by atoms with van der Waals surface area (Å²) in [6, 6.07) is 21.5. The minimum Gasteiger partial charge on any atom is -0.385 e. The number of carbonyl (C=O) groups excluding carboxylic acids is 1. The fraction of sp³-hybridized carbons (Fsp3) is 0.0800. The summed E-state index contributed by atoms with van der Waals surface area (Å²) in [5.74, 6) is -0.353. The number of hydrogen-bond acceptors (Lipinski definition) is 5. The predicted octanol–water partition coefficient (Wildman–Crippen LogP) is 1.47. The van der Waals surface area contributed by atoms with E-state index in [4.69, 9.17) is 11.5 Å². The fourth-order valence-electron chi connectivity index (χ4n) is 3.12. The Morgan fingerprint density at radius 1 is 0.970 bits per heavy atom. The van der Waals surface area contributed by atoms with Crippen molar-refractivity contribution in [2.75, 3.05) is 5.32 Å². The van der Waals surface area contributed by atoms with Crippen molar-refractivity contribution < 1.29 is 13.2 Å². The number of nitrogens with one attached hydrogen (secondary N) is 2. The third kappa shape index (κ3) is 6.09. The van der Waals surface area contributed by atoms with Gasteiger partial charge in [0.05, 0.1) is 10.9 Å². The van der Waals surface area contributed by atoms with Crippen LogP contribution in [0.1, 0.15) is 12.5 Å². The van der Waals surface area contributed by atoms with Gasteiger partial charge in [0.2, 0.25) is 15.9 Å². The molecule has 33 heavy (non-hydrogen) atoms. The van der Waals surface area contributed by atoms with Crippen LogP contribution in [-0.4, -0.2) is 20.4 Å². The van der Waals surface area contributed by atoms with Crippen LogP contribution in [0.3, 0.4) is 0 Å². The summed E-state index contributed by atoms with van der Waals surface area (Å²) >= 11 is 0. The van der Waals surface area contributed by atoms with Gasteiger partial charge in [0.1, 0.15) is 5.82 Å². The Hall–Kier alpha value is -3.88. The quantitative estimate of drug-likeness (QED) is 0.423. The summed E-state index contributed by atoms with van der Waals surface area (Å²) in [5, 5.41) is 4.15. The molecule has 0 aliphatic rings. The minimum absolute atomic E-state index is 0.0857. The van der Waals surface area contributed by atoms with Crippen LogP contribution in [0.5, 0.6) is 0 Å². The second-order valence-corrected chi connectivity index (χ2v) is 9.15. The highest BCUT2D eigenvalue weighted by Crippen LogP contribution is 2.16. The van der Waals surface area contributed by atoms with E-state index in [9.17, 15) is 13.2 Å². The molecule has 0 heterocycles. The molecule has 170 valence electrons. The molecule has 7 nitrogen and oxygen atoms in total. The molecule has 3 rings (SSSR count). The first-order valence-corrected chi connectivity index (χ1v) is 11.7. The Kier molecular flexibility index (Phi) is 7.32. The maximum Gasteiger partial charge on any atom is 0.242 e. The molecule has 3 aromatic carbocycles. The Labute approximate surface area is 193 Å². The molecule has 3 aromatic rings. The van der Waals surface area contributed by atoms with Gasteiger partial charge in [-0.3, -0.25) is 4.79 Å². The van der Waals surface area contributed by atoms with Crippen molar-refractivity contribution in [1.29, 1.82) is 0 Å². The van der Waals surface area contributed by atoms with Gasteiger partial charge in [-0.2, -0.15) is 4.72 Å². The maximum atomic E-state index is 12.7. The van der Waals surface area contributed by atoms with Crippen LogP contribution >= 0.6 is 0 Å². The third-order valence-electron chi connectivity index (χ3n) is 4.89. The molecule has 0 unspecified atom stereocenters. The molecule has 0 saturated heterocycles. The van der Waals surface area contributed by atoms with Gasteiger partial charge in [0.15, 0.2) is 0 Å². The van der Waals surface area contributed by atoms with Gasteiger partial charge in [-0.1, -0.05) is 61.2 Å². The van der Waals surface area contributed by atoms with Crippen LogP contribution in [0.25, 0.3) is 18.2 Å². The van der Waals surface area contributed by atoms with E-state index in [1.165, 1.54) is 19.1 Å². The normalized spacial score (nSPS) is 12.7. The standard InChI is InChI=1S/C25H26N4O3S/c1-17-13-14-21(15-20(17)16-23(24(26)27)19-9-5-3-6-10-19)28-25(30)18(2)29-33(31,32)22-11-7-4-8-12-22/h3-16,18,29H,1,26-27H2,2H3,(H,28,30)/b20-16-/t18-/m1/s1. The SMILES string of the molecule is C=c1ccc(NC(=O)[C@@H](C)NS(=O)(=O)c2ccccc2)c/c1=C/C(=C(N)N)c1ccccc1. The van der Waals surface area contributed by atoms with Crippen molar-refractivity contribution in [2.24, 2.45) is 11.5 Å². The van der Waals surface area contributed by atoms with Gasteiger partial charge in [0.25, 0.3) is 0 Å². The van der Waals surface area contributed by atoms with E-state index in [1.54, 1.807) is 42.5 Å². The van der Waals surface area contributed by atoms with E-state index in [2.05, 4.69) is 16.6 Å². The van der Waals surface area contributed by atoms with Crippen LogP contribution in [-0.2, 0) is 14.8 Å². The second kappa shape index (κ2) is 10.2. The predicted molar refractivity (Wildman–Crippen MR) is 132 cm³/mol. The Bertz CT molecular complexity index is 1380. The Balaban J connectivity index is 1.83. The van der Waals surface area contributed by atoms with Crippen molar-refractivity contribution in [3.8, 4) is 0 Å². The van der Waals surface area contributed by atoms with Crippen LogP contribution in [0.15, 0.2) is 89.6 Å². The van der Waals surface area contributed by atoms with Gasteiger partial charge in [-0.15, -0.1) is 0 Å². The minimum atomic E-state index is -3.83. The van der Waals surface area contributed by atoms with Crippen molar-refractivity contribution in [2.45, 2.75) is 17.9 Å². The molecule has 0 aliphatic carbocycles. The lowest BCUT2D eigenvalue weighted by molar-refractivity contribution is -0.117. The summed E-state index contributed by atoms with van der Waals surface area (Å²) in [6.07, 6.45) is 1.80. The summed E-state index contributed by atoms with van der Waals surface area (Å²) in [4.78, 5) is 12.7. The molecule has 6 N–H and O–H groups in total. The summed E-state index contributed by atoms with van der Waals surface area (Å²) in [5.41, 5.74) is 13.8. The number of rotatable bonds is 7. The van der Waals surface area contributed by atoms with Crippen LogP contribution in [0.2, 0.25) is 0 Å². The molecule has 0 saturated carbocycles. The van der Waals surface area contributed by atoms with Crippen molar-refractivity contribution in [3.63, 3.8) is 0 Å². The second-order valence-electron chi connectivity index (χ2n) is 7.44. The fourth-order valence-corrected chi connectivity index (χ4v) is 4.34. The van der Waals surface area contributed by atoms with Crippen LogP contribution in [0, 0.1) is 0 Å². The first-order chi connectivity index (χ1) is 15.7. The zero-order valence-electron chi connectivity index (χ0n) is 18.2. The summed E-state index contributed by atoms with van der Waals surface area (Å²) in [7, 11) is -3.83.